The van der Waals surface area contributed by atoms with E-state index >= 15 is 0 Å². The van der Waals surface area contributed by atoms with E-state index in [2.05, 4.69) is 79.5 Å². The molecule has 4 nitrogen and oxygen atoms in total. The summed E-state index contributed by atoms with van der Waals surface area (Å²) in [6.07, 6.45) is 9.59. The van der Waals surface area contributed by atoms with Gasteiger partial charge in [0.05, 0.1) is 12.5 Å². The van der Waals surface area contributed by atoms with Crippen LogP contribution in [0.3, 0.4) is 0 Å². The maximum Gasteiger partial charge on any atom is 0.228 e. The zero-order valence-corrected chi connectivity index (χ0v) is 23.2. The number of aryl methyl sites for hydroxylation is 1. The zero-order valence-electron chi connectivity index (χ0n) is 23.2. The van der Waals surface area contributed by atoms with E-state index in [0.717, 1.165) is 44.6 Å². The smallest absolute Gasteiger partial charge is 0.228 e. The molecule has 1 N–H and O–H groups in total. The van der Waals surface area contributed by atoms with Gasteiger partial charge >= 0.3 is 0 Å². The van der Waals surface area contributed by atoms with Gasteiger partial charge in [0.2, 0.25) is 5.91 Å². The van der Waals surface area contributed by atoms with Crippen molar-refractivity contribution in [3.63, 3.8) is 0 Å². The highest BCUT2D eigenvalue weighted by atomic mass is 16.5. The summed E-state index contributed by atoms with van der Waals surface area (Å²) in [5.41, 5.74) is 3.61. The lowest BCUT2D eigenvalue weighted by molar-refractivity contribution is -0.142. The summed E-state index contributed by atoms with van der Waals surface area (Å²) in [5, 5.41) is 3.61. The lowest BCUT2D eigenvalue weighted by Crippen LogP contribution is -2.54. The fourth-order valence-corrected chi connectivity index (χ4v) is 7.56. The highest BCUT2D eigenvalue weighted by Crippen LogP contribution is 2.45. The van der Waals surface area contributed by atoms with Gasteiger partial charge in [0, 0.05) is 36.7 Å². The van der Waals surface area contributed by atoms with Crippen LogP contribution in [0, 0.1) is 11.8 Å². The van der Waals surface area contributed by atoms with Crippen molar-refractivity contribution < 1.29 is 9.53 Å². The minimum absolute atomic E-state index is 0.0711. The first-order chi connectivity index (χ1) is 18.1. The van der Waals surface area contributed by atoms with Crippen molar-refractivity contribution >= 4 is 5.91 Å². The highest BCUT2D eigenvalue weighted by molar-refractivity contribution is 5.82. The minimum atomic E-state index is -0.278. The van der Waals surface area contributed by atoms with Gasteiger partial charge in [0.25, 0.3) is 0 Å². The van der Waals surface area contributed by atoms with Crippen LogP contribution in [0.4, 0.5) is 0 Å². The lowest BCUT2D eigenvalue weighted by Gasteiger charge is -2.47. The molecule has 37 heavy (non-hydrogen) atoms. The number of carbonyl (C=O) groups excluding carboxylic acids is 1. The molecule has 3 fully saturated rings. The number of nitrogens with zero attached hydrogens (tertiary/aromatic N) is 1. The van der Waals surface area contributed by atoms with Gasteiger partial charge in [-0.25, -0.2) is 0 Å². The van der Waals surface area contributed by atoms with Crippen LogP contribution in [0.1, 0.15) is 88.3 Å². The van der Waals surface area contributed by atoms with E-state index in [-0.39, 0.29) is 11.3 Å². The molecule has 0 bridgehead atoms. The van der Waals surface area contributed by atoms with Crippen LogP contribution < -0.4 is 10.1 Å². The van der Waals surface area contributed by atoms with Gasteiger partial charge in [-0.1, -0.05) is 81.6 Å². The third-order valence-electron chi connectivity index (χ3n) is 9.68. The van der Waals surface area contributed by atoms with E-state index in [4.69, 9.17) is 4.74 Å². The molecule has 1 amide bonds. The number of ether oxygens (including phenoxy) is 1. The van der Waals surface area contributed by atoms with E-state index in [9.17, 15) is 4.79 Å². The van der Waals surface area contributed by atoms with Crippen molar-refractivity contribution in [2.45, 2.75) is 89.5 Å². The molecule has 1 aliphatic carbocycles. The van der Waals surface area contributed by atoms with Crippen molar-refractivity contribution in [2.75, 3.05) is 26.2 Å². The molecule has 0 aromatic heterocycles. The van der Waals surface area contributed by atoms with E-state index in [1.54, 1.807) is 0 Å². The third kappa shape index (κ3) is 5.19. The Morgan fingerprint density at radius 3 is 2.54 bits per heavy atom. The largest absolute Gasteiger partial charge is 0.493 e. The molecule has 0 radical (unpaired) electrons. The molecule has 2 aromatic rings. The molecule has 2 saturated heterocycles. The molecule has 5 rings (SSSR count). The van der Waals surface area contributed by atoms with Gasteiger partial charge in [0.1, 0.15) is 5.75 Å². The van der Waals surface area contributed by atoms with Gasteiger partial charge in [-0.05, 0) is 62.0 Å². The summed E-state index contributed by atoms with van der Waals surface area (Å²) >= 11 is 0. The molecular formula is C33H46N2O2. The summed E-state index contributed by atoms with van der Waals surface area (Å²) in [6, 6.07) is 17.9. The second-order valence-electron chi connectivity index (χ2n) is 11.8. The van der Waals surface area contributed by atoms with E-state index in [0.29, 0.717) is 30.4 Å². The number of amides is 1. The van der Waals surface area contributed by atoms with Crippen LogP contribution in [0.25, 0.3) is 0 Å². The van der Waals surface area contributed by atoms with E-state index in [1.807, 2.05) is 0 Å². The molecule has 2 aromatic carbocycles. The summed E-state index contributed by atoms with van der Waals surface area (Å²) in [7, 11) is 0. The molecule has 4 heteroatoms. The molecular weight excluding hydrogens is 456 g/mol. The van der Waals surface area contributed by atoms with Crippen LogP contribution in [-0.2, 0) is 16.6 Å². The monoisotopic (exact) mass is 502 g/mol. The van der Waals surface area contributed by atoms with Crippen molar-refractivity contribution in [2.24, 2.45) is 11.8 Å². The van der Waals surface area contributed by atoms with Gasteiger partial charge in [-0.2, -0.15) is 0 Å². The third-order valence-corrected chi connectivity index (χ3v) is 9.68. The number of nitrogens with one attached hydrogen (secondary N) is 1. The number of piperidine rings is 1. The quantitative estimate of drug-likeness (QED) is 0.471. The molecule has 1 saturated carbocycles. The number of hydrogen-bond acceptors (Lipinski definition) is 3. The van der Waals surface area contributed by atoms with Crippen molar-refractivity contribution in [3.8, 4) is 5.75 Å². The summed E-state index contributed by atoms with van der Waals surface area (Å²) < 4.78 is 6.24. The Kier molecular flexibility index (Phi) is 8.24. The molecule has 4 unspecified atom stereocenters. The maximum absolute atomic E-state index is 14.6. The zero-order chi connectivity index (χ0) is 25.8. The van der Waals surface area contributed by atoms with Gasteiger partial charge < -0.3 is 15.0 Å². The summed E-state index contributed by atoms with van der Waals surface area (Å²) in [5.74, 6) is 2.48. The van der Waals surface area contributed by atoms with Gasteiger partial charge in [-0.3, -0.25) is 4.79 Å². The van der Waals surface area contributed by atoms with Gasteiger partial charge in [0.15, 0.2) is 0 Å². The normalized spacial score (nSPS) is 28.8. The number of rotatable bonds is 7. The Bertz CT molecular complexity index is 1050. The summed E-state index contributed by atoms with van der Waals surface area (Å²) in [4.78, 5) is 16.9. The van der Waals surface area contributed by atoms with Crippen molar-refractivity contribution in [1.82, 2.24) is 10.2 Å². The number of likely N-dealkylation sites (tertiary alicyclic amines) is 1. The van der Waals surface area contributed by atoms with Crippen LogP contribution in [0.15, 0.2) is 48.5 Å². The first kappa shape index (κ1) is 26.3. The Morgan fingerprint density at radius 2 is 1.81 bits per heavy atom. The molecule has 2 aliphatic heterocycles. The molecule has 0 spiro atoms. The fourth-order valence-electron chi connectivity index (χ4n) is 7.56. The Labute approximate surface area is 224 Å². The Balaban J connectivity index is 1.45. The molecule has 4 atom stereocenters. The lowest BCUT2D eigenvalue weighted by atomic mass is 9.71. The first-order valence-electron chi connectivity index (χ1n) is 14.9. The minimum Gasteiger partial charge on any atom is -0.493 e. The van der Waals surface area contributed by atoms with Crippen molar-refractivity contribution in [1.29, 1.82) is 0 Å². The van der Waals surface area contributed by atoms with Gasteiger partial charge in [-0.15, -0.1) is 0 Å². The predicted molar refractivity (Wildman–Crippen MR) is 151 cm³/mol. The molecule has 3 aliphatic rings. The van der Waals surface area contributed by atoms with E-state index in [1.165, 1.54) is 48.8 Å². The van der Waals surface area contributed by atoms with Crippen LogP contribution in [-0.4, -0.2) is 43.1 Å². The molecule has 200 valence electrons. The summed E-state index contributed by atoms with van der Waals surface area (Å²) in [6.45, 7) is 9.60. The number of hydrogen-bond donors (Lipinski definition) is 1. The van der Waals surface area contributed by atoms with Crippen LogP contribution in [0.2, 0.25) is 0 Å². The fraction of sp³-hybridized carbons (Fsp3) is 0.606. The standard InChI is InChI=1S/C33H46N2O2/c1-4-24-17-12-18-28(31(24)37-5-2)33(3)23-34-22-29(33)32(36)35-20-19-27(25-13-8-6-9-14-25)21-30(35)26-15-10-7-11-16-26/h6,8-9,12-14,17-18,26-27,29-30,34H,4-5,7,10-11,15-16,19-23H2,1-3H3. The van der Waals surface area contributed by atoms with Crippen molar-refractivity contribution in [3.05, 3.63) is 65.2 Å². The maximum atomic E-state index is 14.6. The predicted octanol–water partition coefficient (Wildman–Crippen LogP) is 6.48. The SMILES string of the molecule is CCOc1c(CC)cccc1C1(C)CNCC1C(=O)N1CCC(c2ccccc2)CC1C1CCCCC1. The first-order valence-corrected chi connectivity index (χ1v) is 14.9. The second kappa shape index (κ2) is 11.6. The van der Waals surface area contributed by atoms with E-state index < -0.39 is 0 Å². The number of carbonyl (C=O) groups is 1. The highest BCUT2D eigenvalue weighted by Gasteiger charge is 2.49. The average Bonchev–Trinajstić information content (AvgIpc) is 3.36. The van der Waals surface area contributed by atoms with Crippen LogP contribution in [0.5, 0.6) is 5.75 Å². The topological polar surface area (TPSA) is 41.6 Å². The Hall–Kier alpha value is -2.33. The molecule has 2 heterocycles. The van der Waals surface area contributed by atoms with Crippen LogP contribution >= 0.6 is 0 Å². The Morgan fingerprint density at radius 1 is 1.03 bits per heavy atom. The number of para-hydroxylation sites is 1. The second-order valence-corrected chi connectivity index (χ2v) is 11.8. The number of benzene rings is 2. The average molecular weight is 503 g/mol.